The van der Waals surface area contributed by atoms with Crippen molar-refractivity contribution in [3.05, 3.63) is 66.2 Å². The van der Waals surface area contributed by atoms with Gasteiger partial charge in [0.15, 0.2) is 0 Å². The maximum atomic E-state index is 10.3. The fourth-order valence-corrected chi connectivity index (χ4v) is 2.18. The molecule has 1 heterocycles. The highest BCUT2D eigenvalue weighted by atomic mass is 16.5. The van der Waals surface area contributed by atoms with Crippen molar-refractivity contribution in [2.75, 3.05) is 7.11 Å². The number of ether oxygens (including phenoxy) is 1. The molecule has 0 fully saturated rings. The number of benzene rings is 2. The van der Waals surface area contributed by atoms with Crippen LogP contribution in [0.3, 0.4) is 0 Å². The highest BCUT2D eigenvalue weighted by Crippen LogP contribution is 2.26. The van der Waals surface area contributed by atoms with Crippen LogP contribution in [-0.2, 0) is 0 Å². The summed E-state index contributed by atoms with van der Waals surface area (Å²) in [6, 6.07) is 11.7. The Morgan fingerprint density at radius 3 is 2.40 bits per heavy atom. The molecule has 4 nitrogen and oxygen atoms in total. The average Bonchev–Trinajstić information content (AvgIpc) is 2.54. The van der Waals surface area contributed by atoms with Crippen molar-refractivity contribution >= 4 is 10.8 Å². The smallest absolute Gasteiger partial charge is 0.119 e. The quantitative estimate of drug-likeness (QED) is 0.792. The minimum absolute atomic E-state index is 0.681. The molecule has 0 radical (unpaired) electrons. The van der Waals surface area contributed by atoms with Gasteiger partial charge in [0.2, 0.25) is 0 Å². The van der Waals surface area contributed by atoms with E-state index in [0.29, 0.717) is 5.56 Å². The van der Waals surface area contributed by atoms with E-state index in [1.165, 1.54) is 6.33 Å². The van der Waals surface area contributed by atoms with Gasteiger partial charge in [-0.1, -0.05) is 18.2 Å². The zero-order valence-corrected chi connectivity index (χ0v) is 11.0. The monoisotopic (exact) mass is 266 g/mol. The fraction of sp³-hybridized carbons (Fsp3) is 0.125. The second-order valence-electron chi connectivity index (χ2n) is 4.55. The number of hydrogen-bond donors (Lipinski definition) is 1. The standard InChI is InChI=1S/C16H14N2O2/c1-20-15-5-4-11-6-13(3-2-12(11)7-15)16(19)14-8-17-10-18-9-14/h2-10,16,19H,1H3. The van der Waals surface area contributed by atoms with Gasteiger partial charge in [0.25, 0.3) is 0 Å². The molecule has 0 amide bonds. The molecule has 0 aliphatic rings. The average molecular weight is 266 g/mol. The molecule has 2 aromatic carbocycles. The highest BCUT2D eigenvalue weighted by Gasteiger charge is 2.11. The van der Waals surface area contributed by atoms with Gasteiger partial charge in [0.1, 0.15) is 18.2 Å². The Kier molecular flexibility index (Phi) is 3.31. The molecule has 3 aromatic rings. The number of aliphatic hydroxyl groups excluding tert-OH is 1. The Hall–Kier alpha value is -2.46. The van der Waals surface area contributed by atoms with Gasteiger partial charge >= 0.3 is 0 Å². The summed E-state index contributed by atoms with van der Waals surface area (Å²) in [6.45, 7) is 0. The van der Waals surface area contributed by atoms with Crippen LogP contribution in [0.4, 0.5) is 0 Å². The SMILES string of the molecule is COc1ccc2cc(C(O)c3cncnc3)ccc2c1. The molecule has 1 aromatic heterocycles. The minimum Gasteiger partial charge on any atom is -0.497 e. The summed E-state index contributed by atoms with van der Waals surface area (Å²) in [4.78, 5) is 7.86. The van der Waals surface area contributed by atoms with Gasteiger partial charge < -0.3 is 9.84 Å². The highest BCUT2D eigenvalue weighted by molar-refractivity contribution is 5.84. The molecule has 3 rings (SSSR count). The summed E-state index contributed by atoms with van der Waals surface area (Å²) in [7, 11) is 1.65. The van der Waals surface area contributed by atoms with E-state index in [0.717, 1.165) is 22.1 Å². The molecule has 0 bridgehead atoms. The summed E-state index contributed by atoms with van der Waals surface area (Å²) in [5, 5.41) is 12.5. The van der Waals surface area contributed by atoms with Crippen molar-refractivity contribution in [2.24, 2.45) is 0 Å². The van der Waals surface area contributed by atoms with Gasteiger partial charge in [0, 0.05) is 18.0 Å². The molecular formula is C16H14N2O2. The van der Waals surface area contributed by atoms with Crippen molar-refractivity contribution in [3.8, 4) is 5.75 Å². The normalized spacial score (nSPS) is 12.3. The van der Waals surface area contributed by atoms with Crippen molar-refractivity contribution in [1.29, 1.82) is 0 Å². The number of hydrogen-bond acceptors (Lipinski definition) is 4. The first kappa shape index (κ1) is 12.6. The Morgan fingerprint density at radius 2 is 1.65 bits per heavy atom. The lowest BCUT2D eigenvalue weighted by Crippen LogP contribution is -2.00. The second kappa shape index (κ2) is 5.27. The van der Waals surface area contributed by atoms with Crippen LogP contribution < -0.4 is 4.74 Å². The number of aliphatic hydroxyl groups is 1. The Morgan fingerprint density at radius 1 is 0.950 bits per heavy atom. The van der Waals surface area contributed by atoms with Crippen molar-refractivity contribution in [2.45, 2.75) is 6.10 Å². The third kappa shape index (κ3) is 2.33. The Labute approximate surface area is 116 Å². The molecule has 1 unspecified atom stereocenters. The van der Waals surface area contributed by atoms with Crippen LogP contribution in [0.5, 0.6) is 5.75 Å². The van der Waals surface area contributed by atoms with E-state index in [-0.39, 0.29) is 0 Å². The van der Waals surface area contributed by atoms with Crippen LogP contribution in [0.1, 0.15) is 17.2 Å². The van der Waals surface area contributed by atoms with Crippen LogP contribution in [0.15, 0.2) is 55.1 Å². The molecule has 1 N–H and O–H groups in total. The lowest BCUT2D eigenvalue weighted by molar-refractivity contribution is 0.219. The maximum Gasteiger partial charge on any atom is 0.119 e. The van der Waals surface area contributed by atoms with Gasteiger partial charge in [-0.2, -0.15) is 0 Å². The molecule has 0 aliphatic carbocycles. The number of aromatic nitrogens is 2. The summed E-state index contributed by atoms with van der Waals surface area (Å²) >= 11 is 0. The van der Waals surface area contributed by atoms with E-state index < -0.39 is 6.10 Å². The van der Waals surface area contributed by atoms with Gasteiger partial charge in [0.05, 0.1) is 7.11 Å². The van der Waals surface area contributed by atoms with E-state index >= 15 is 0 Å². The molecule has 0 spiro atoms. The third-order valence-corrected chi connectivity index (χ3v) is 3.28. The van der Waals surface area contributed by atoms with Crippen LogP contribution in [0, 0.1) is 0 Å². The largest absolute Gasteiger partial charge is 0.497 e. The van der Waals surface area contributed by atoms with E-state index in [9.17, 15) is 5.11 Å². The zero-order valence-electron chi connectivity index (χ0n) is 11.0. The first-order valence-electron chi connectivity index (χ1n) is 6.28. The van der Waals surface area contributed by atoms with Crippen LogP contribution in [0.25, 0.3) is 10.8 Å². The molecule has 4 heteroatoms. The molecule has 1 atom stereocenters. The Balaban J connectivity index is 2.01. The summed E-state index contributed by atoms with van der Waals surface area (Å²) in [5.74, 6) is 0.822. The van der Waals surface area contributed by atoms with Crippen molar-refractivity contribution < 1.29 is 9.84 Å². The first-order chi connectivity index (χ1) is 9.78. The van der Waals surface area contributed by atoms with Crippen molar-refractivity contribution in [1.82, 2.24) is 9.97 Å². The van der Waals surface area contributed by atoms with Gasteiger partial charge in [-0.25, -0.2) is 9.97 Å². The third-order valence-electron chi connectivity index (χ3n) is 3.28. The number of nitrogens with zero attached hydrogens (tertiary/aromatic N) is 2. The van der Waals surface area contributed by atoms with E-state index in [2.05, 4.69) is 9.97 Å². The van der Waals surface area contributed by atoms with E-state index in [1.54, 1.807) is 19.5 Å². The molecule has 100 valence electrons. The molecule has 0 aliphatic heterocycles. The zero-order chi connectivity index (χ0) is 13.9. The minimum atomic E-state index is -0.720. The van der Waals surface area contributed by atoms with E-state index in [4.69, 9.17) is 4.74 Å². The number of rotatable bonds is 3. The van der Waals surface area contributed by atoms with Crippen LogP contribution >= 0.6 is 0 Å². The van der Waals surface area contributed by atoms with Gasteiger partial charge in [-0.05, 0) is 34.5 Å². The van der Waals surface area contributed by atoms with Crippen LogP contribution in [-0.4, -0.2) is 22.2 Å². The molecule has 0 saturated heterocycles. The van der Waals surface area contributed by atoms with E-state index in [1.807, 2.05) is 36.4 Å². The van der Waals surface area contributed by atoms with Crippen molar-refractivity contribution in [3.63, 3.8) is 0 Å². The fourth-order valence-electron chi connectivity index (χ4n) is 2.18. The topological polar surface area (TPSA) is 55.2 Å². The second-order valence-corrected chi connectivity index (χ2v) is 4.55. The molecule has 0 saturated carbocycles. The summed E-state index contributed by atoms with van der Waals surface area (Å²) < 4.78 is 5.20. The summed E-state index contributed by atoms with van der Waals surface area (Å²) in [5.41, 5.74) is 1.50. The number of methoxy groups -OCH3 is 1. The van der Waals surface area contributed by atoms with Gasteiger partial charge in [-0.3, -0.25) is 0 Å². The predicted molar refractivity (Wildman–Crippen MR) is 76.6 cm³/mol. The van der Waals surface area contributed by atoms with Crippen LogP contribution in [0.2, 0.25) is 0 Å². The predicted octanol–water partition coefficient (Wildman–Crippen LogP) is 2.72. The Bertz CT molecular complexity index is 729. The summed E-state index contributed by atoms with van der Waals surface area (Å²) in [6.07, 6.45) is 3.97. The molecular weight excluding hydrogens is 252 g/mol. The lowest BCUT2D eigenvalue weighted by atomic mass is 10.0. The molecule has 20 heavy (non-hydrogen) atoms. The first-order valence-corrected chi connectivity index (χ1v) is 6.28. The lowest BCUT2D eigenvalue weighted by Gasteiger charge is -2.11. The maximum absolute atomic E-state index is 10.3. The number of fused-ring (bicyclic) bond motifs is 1. The van der Waals surface area contributed by atoms with Gasteiger partial charge in [-0.15, -0.1) is 0 Å².